The van der Waals surface area contributed by atoms with Gasteiger partial charge in [0.2, 0.25) is 5.91 Å². The highest BCUT2D eigenvalue weighted by atomic mass is 16.3. The molecule has 0 aromatic rings. The van der Waals surface area contributed by atoms with Crippen LogP contribution >= 0.6 is 0 Å². The number of unbranched alkanes of at least 4 members (excludes halogenated alkanes) is 1. The number of hydrogen-bond acceptors (Lipinski definition) is 2. The fraction of sp³-hybridized carbons (Fsp3) is 0.370. The number of aliphatic hydroxyl groups excluding tert-OH is 1. The standard InChI is InChI=1S/C27H37NO2/c1-4-5-6-7-17-25-18-11-8-14-23(2)15-9-12-19-26(29)22-21-24(3)16-10-13-20-27(30)28-25/h6-16,19-21,25-26,29H,4-5,17-18,22H2,1-3H3,(H,28,30)/b7-6+,11-8+,15-9+,16-10+,19-12+,20-13+,23-14+,24-21+. The summed E-state index contributed by atoms with van der Waals surface area (Å²) in [6.45, 7) is 6.17. The van der Waals surface area contributed by atoms with Crippen molar-refractivity contribution in [2.75, 3.05) is 0 Å². The second-order valence-corrected chi connectivity index (χ2v) is 7.49. The maximum Gasteiger partial charge on any atom is 0.244 e. The van der Waals surface area contributed by atoms with Gasteiger partial charge >= 0.3 is 0 Å². The fourth-order valence-electron chi connectivity index (χ4n) is 2.73. The van der Waals surface area contributed by atoms with Gasteiger partial charge in [0.05, 0.1) is 6.10 Å². The van der Waals surface area contributed by atoms with Crippen LogP contribution in [0.5, 0.6) is 0 Å². The largest absolute Gasteiger partial charge is 0.389 e. The predicted octanol–water partition coefficient (Wildman–Crippen LogP) is 6.05. The van der Waals surface area contributed by atoms with E-state index in [-0.39, 0.29) is 11.9 Å². The minimum atomic E-state index is -0.516. The van der Waals surface area contributed by atoms with E-state index in [9.17, 15) is 9.90 Å². The second kappa shape index (κ2) is 16.2. The first-order chi connectivity index (χ1) is 14.5. The molecule has 1 aliphatic heterocycles. The van der Waals surface area contributed by atoms with E-state index in [0.29, 0.717) is 6.42 Å². The SMILES string of the molecule is CCC/C=C/CC1C/C=C/C=C(C)/C=C/C=C/C(O)C/C=C(C)/C=C/C=C/C(=O)N1. The van der Waals surface area contributed by atoms with Crippen molar-refractivity contribution in [3.05, 3.63) is 96.2 Å². The van der Waals surface area contributed by atoms with Gasteiger partial charge < -0.3 is 10.4 Å². The zero-order chi connectivity index (χ0) is 22.0. The summed E-state index contributed by atoms with van der Waals surface area (Å²) in [6.07, 6.45) is 31.0. The first-order valence-electron chi connectivity index (χ1n) is 10.8. The summed E-state index contributed by atoms with van der Waals surface area (Å²) in [5.74, 6) is -0.0896. The number of nitrogens with one attached hydrogen (secondary N) is 1. The predicted molar refractivity (Wildman–Crippen MR) is 129 cm³/mol. The Bertz CT molecular complexity index is 745. The molecule has 0 aromatic carbocycles. The summed E-state index contributed by atoms with van der Waals surface area (Å²) in [4.78, 5) is 12.3. The first-order valence-corrected chi connectivity index (χ1v) is 10.8. The van der Waals surface area contributed by atoms with Gasteiger partial charge in [0.15, 0.2) is 0 Å². The van der Waals surface area contributed by atoms with Crippen LogP contribution in [0.2, 0.25) is 0 Å². The average Bonchev–Trinajstić information content (AvgIpc) is 2.72. The molecule has 1 rings (SSSR count). The lowest BCUT2D eigenvalue weighted by Crippen LogP contribution is -2.32. The maximum atomic E-state index is 12.3. The molecular formula is C27H37NO2. The third kappa shape index (κ3) is 13.5. The topological polar surface area (TPSA) is 49.3 Å². The Labute approximate surface area is 182 Å². The molecule has 0 aliphatic carbocycles. The van der Waals surface area contributed by atoms with Gasteiger partial charge in [0.1, 0.15) is 0 Å². The van der Waals surface area contributed by atoms with Crippen molar-refractivity contribution in [1.29, 1.82) is 0 Å². The fourth-order valence-corrected chi connectivity index (χ4v) is 2.73. The quantitative estimate of drug-likeness (QED) is 0.558. The van der Waals surface area contributed by atoms with E-state index in [1.165, 1.54) is 0 Å². The molecule has 2 atom stereocenters. The van der Waals surface area contributed by atoms with Gasteiger partial charge in [0, 0.05) is 12.1 Å². The molecule has 0 fully saturated rings. The molecule has 3 nitrogen and oxygen atoms in total. The van der Waals surface area contributed by atoms with Crippen LogP contribution in [0, 0.1) is 0 Å². The zero-order valence-electron chi connectivity index (χ0n) is 18.6. The van der Waals surface area contributed by atoms with Crippen molar-refractivity contribution in [1.82, 2.24) is 5.32 Å². The molecule has 1 heterocycles. The highest BCUT2D eigenvalue weighted by Gasteiger charge is 2.07. The molecule has 2 N–H and O–H groups in total. The number of amides is 1. The van der Waals surface area contributed by atoms with Gasteiger partial charge in [-0.15, -0.1) is 0 Å². The van der Waals surface area contributed by atoms with Crippen LogP contribution in [0.15, 0.2) is 96.2 Å². The minimum Gasteiger partial charge on any atom is -0.389 e. The lowest BCUT2D eigenvalue weighted by molar-refractivity contribution is -0.117. The number of carbonyl (C=O) groups excluding carboxylic acids is 1. The van der Waals surface area contributed by atoms with Crippen molar-refractivity contribution >= 4 is 5.91 Å². The van der Waals surface area contributed by atoms with E-state index in [2.05, 4.69) is 30.5 Å². The maximum absolute atomic E-state index is 12.3. The molecule has 3 heteroatoms. The Kier molecular flexibility index (Phi) is 13.7. The third-order valence-corrected chi connectivity index (χ3v) is 4.51. The second-order valence-electron chi connectivity index (χ2n) is 7.49. The van der Waals surface area contributed by atoms with E-state index in [0.717, 1.165) is 36.8 Å². The summed E-state index contributed by atoms with van der Waals surface area (Å²) in [6, 6.07) is 0.0661. The summed E-state index contributed by atoms with van der Waals surface area (Å²) in [5.41, 5.74) is 2.16. The van der Waals surface area contributed by atoms with E-state index in [1.807, 2.05) is 62.5 Å². The van der Waals surface area contributed by atoms with E-state index in [1.54, 1.807) is 18.2 Å². The van der Waals surface area contributed by atoms with Crippen LogP contribution in [-0.2, 0) is 4.79 Å². The summed E-state index contributed by atoms with van der Waals surface area (Å²) < 4.78 is 0. The van der Waals surface area contributed by atoms with E-state index < -0.39 is 6.10 Å². The van der Waals surface area contributed by atoms with Crippen LogP contribution in [-0.4, -0.2) is 23.2 Å². The van der Waals surface area contributed by atoms with Crippen molar-refractivity contribution in [3.63, 3.8) is 0 Å². The number of carbonyl (C=O) groups is 1. The molecule has 2 unspecified atom stereocenters. The molecule has 1 aliphatic rings. The van der Waals surface area contributed by atoms with Crippen LogP contribution in [0.1, 0.15) is 52.9 Å². The van der Waals surface area contributed by atoms with Gasteiger partial charge in [-0.25, -0.2) is 0 Å². The number of aliphatic hydroxyl groups is 1. The minimum absolute atomic E-state index is 0.0661. The molecule has 0 aromatic heterocycles. The Hall–Kier alpha value is -2.65. The molecule has 0 saturated heterocycles. The highest BCUT2D eigenvalue weighted by molar-refractivity contribution is 5.88. The molecule has 0 bridgehead atoms. The molecule has 0 spiro atoms. The number of rotatable bonds is 4. The Morgan fingerprint density at radius 1 is 1.00 bits per heavy atom. The lowest BCUT2D eigenvalue weighted by Gasteiger charge is -2.14. The van der Waals surface area contributed by atoms with Crippen LogP contribution in [0.4, 0.5) is 0 Å². The molecule has 30 heavy (non-hydrogen) atoms. The van der Waals surface area contributed by atoms with Crippen LogP contribution < -0.4 is 5.32 Å². The molecule has 0 saturated carbocycles. The Morgan fingerprint density at radius 2 is 1.73 bits per heavy atom. The smallest absolute Gasteiger partial charge is 0.244 e. The van der Waals surface area contributed by atoms with Crippen LogP contribution in [0.25, 0.3) is 0 Å². The van der Waals surface area contributed by atoms with Crippen LogP contribution in [0.3, 0.4) is 0 Å². The molecular weight excluding hydrogens is 370 g/mol. The zero-order valence-corrected chi connectivity index (χ0v) is 18.6. The number of allylic oxidation sites excluding steroid dienone is 11. The summed E-state index contributed by atoms with van der Waals surface area (Å²) in [5, 5.41) is 13.1. The molecule has 1 amide bonds. The van der Waals surface area contributed by atoms with Crippen molar-refractivity contribution in [3.8, 4) is 0 Å². The molecule has 0 radical (unpaired) electrons. The summed E-state index contributed by atoms with van der Waals surface area (Å²) in [7, 11) is 0. The van der Waals surface area contributed by atoms with Gasteiger partial charge in [-0.05, 0) is 39.5 Å². The normalized spacial score (nSPS) is 30.9. The van der Waals surface area contributed by atoms with E-state index in [4.69, 9.17) is 0 Å². The lowest BCUT2D eigenvalue weighted by atomic mass is 10.1. The third-order valence-electron chi connectivity index (χ3n) is 4.51. The van der Waals surface area contributed by atoms with Gasteiger partial charge in [-0.2, -0.15) is 0 Å². The van der Waals surface area contributed by atoms with Gasteiger partial charge in [0.25, 0.3) is 0 Å². The molecule has 162 valence electrons. The van der Waals surface area contributed by atoms with Gasteiger partial charge in [-0.3, -0.25) is 4.79 Å². The first kappa shape index (κ1) is 25.4. The van der Waals surface area contributed by atoms with Gasteiger partial charge in [-0.1, -0.05) is 103 Å². The monoisotopic (exact) mass is 407 g/mol. The average molecular weight is 408 g/mol. The summed E-state index contributed by atoms with van der Waals surface area (Å²) >= 11 is 0. The van der Waals surface area contributed by atoms with E-state index >= 15 is 0 Å². The van der Waals surface area contributed by atoms with Crippen molar-refractivity contribution < 1.29 is 9.90 Å². The van der Waals surface area contributed by atoms with Crippen molar-refractivity contribution in [2.45, 2.75) is 65.0 Å². The Balaban J connectivity index is 2.94. The Morgan fingerprint density at radius 3 is 2.53 bits per heavy atom. The highest BCUT2D eigenvalue weighted by Crippen LogP contribution is 2.06. The van der Waals surface area contributed by atoms with Crippen molar-refractivity contribution in [2.24, 2.45) is 0 Å². The number of hydrogen-bond donors (Lipinski definition) is 2.